The van der Waals surface area contributed by atoms with Crippen molar-refractivity contribution in [1.82, 2.24) is 15.3 Å². The van der Waals surface area contributed by atoms with E-state index in [1.807, 2.05) is 36.1 Å². The third-order valence-electron chi connectivity index (χ3n) is 4.22. The van der Waals surface area contributed by atoms with E-state index in [1.54, 1.807) is 18.5 Å². The minimum Gasteiger partial charge on any atom is -0.396 e. The highest BCUT2D eigenvalue weighted by Crippen LogP contribution is 2.21. The molecule has 1 aliphatic heterocycles. The van der Waals surface area contributed by atoms with Gasteiger partial charge in [0.1, 0.15) is 0 Å². The normalized spacial score (nSPS) is 20.5. The summed E-state index contributed by atoms with van der Waals surface area (Å²) < 4.78 is 0. The molecule has 3 rings (SSSR count). The Bertz CT molecular complexity index is 677. The minimum absolute atomic E-state index is 0.0159. The maximum absolute atomic E-state index is 12.5. The molecule has 1 amide bonds. The van der Waals surface area contributed by atoms with E-state index < -0.39 is 0 Å². The summed E-state index contributed by atoms with van der Waals surface area (Å²) in [7, 11) is 0. The molecule has 0 spiro atoms. The highest BCUT2D eigenvalue weighted by molar-refractivity contribution is 5.95. The maximum Gasteiger partial charge on any atom is 0.251 e. The Morgan fingerprint density at radius 1 is 1.26 bits per heavy atom. The van der Waals surface area contributed by atoms with Gasteiger partial charge in [0.15, 0.2) is 0 Å². The average Bonchev–Trinajstić information content (AvgIpc) is 2.99. The van der Waals surface area contributed by atoms with Gasteiger partial charge in [0.05, 0.1) is 6.04 Å². The number of hydrogen-bond donors (Lipinski definition) is 2. The molecule has 1 fully saturated rings. The van der Waals surface area contributed by atoms with Crippen molar-refractivity contribution >= 4 is 11.9 Å². The van der Waals surface area contributed by atoms with Crippen LogP contribution in [-0.2, 0) is 0 Å². The lowest BCUT2D eigenvalue weighted by Gasteiger charge is -2.18. The fourth-order valence-corrected chi connectivity index (χ4v) is 2.91. The lowest BCUT2D eigenvalue weighted by Crippen LogP contribution is -2.41. The molecule has 1 aromatic carbocycles. The second kappa shape index (κ2) is 6.75. The van der Waals surface area contributed by atoms with E-state index >= 15 is 0 Å². The predicted molar refractivity (Wildman–Crippen MR) is 87.3 cm³/mol. The number of carbonyl (C=O) groups is 1. The lowest BCUT2D eigenvalue weighted by molar-refractivity contribution is 0.0921. The third-order valence-corrected chi connectivity index (χ3v) is 4.22. The molecular formula is C17H20N4O2. The Balaban J connectivity index is 1.72. The molecule has 6 heteroatoms. The van der Waals surface area contributed by atoms with E-state index in [0.717, 1.165) is 5.56 Å². The molecule has 1 aliphatic rings. The number of aliphatic hydroxyl groups is 1. The monoisotopic (exact) mass is 312 g/mol. The quantitative estimate of drug-likeness (QED) is 0.881. The van der Waals surface area contributed by atoms with E-state index in [1.165, 1.54) is 0 Å². The van der Waals surface area contributed by atoms with E-state index in [4.69, 9.17) is 0 Å². The zero-order valence-electron chi connectivity index (χ0n) is 13.0. The van der Waals surface area contributed by atoms with Gasteiger partial charge in [-0.15, -0.1) is 0 Å². The number of nitrogens with one attached hydrogen (secondary N) is 1. The summed E-state index contributed by atoms with van der Waals surface area (Å²) in [6.07, 6.45) is 3.38. The zero-order chi connectivity index (χ0) is 16.2. The topological polar surface area (TPSA) is 78.4 Å². The third kappa shape index (κ3) is 3.32. The van der Waals surface area contributed by atoms with E-state index in [2.05, 4.69) is 15.3 Å². The Hall–Kier alpha value is -2.47. The Labute approximate surface area is 135 Å². The molecule has 2 aromatic rings. The molecular weight excluding hydrogens is 292 g/mol. The molecule has 0 radical (unpaired) electrons. The van der Waals surface area contributed by atoms with Crippen LogP contribution in [0, 0.1) is 12.8 Å². The fourth-order valence-electron chi connectivity index (χ4n) is 2.91. The number of nitrogens with zero attached hydrogens (tertiary/aromatic N) is 3. The number of aryl methyl sites for hydroxylation is 1. The van der Waals surface area contributed by atoms with Gasteiger partial charge in [-0.05, 0) is 24.6 Å². The first-order valence-electron chi connectivity index (χ1n) is 7.68. The van der Waals surface area contributed by atoms with Crippen molar-refractivity contribution in [3.63, 3.8) is 0 Å². The molecule has 0 aliphatic carbocycles. The highest BCUT2D eigenvalue weighted by atomic mass is 16.3. The van der Waals surface area contributed by atoms with Gasteiger partial charge in [-0.1, -0.05) is 18.2 Å². The molecule has 2 atom stereocenters. The molecule has 6 nitrogen and oxygen atoms in total. The summed E-state index contributed by atoms with van der Waals surface area (Å²) in [5.74, 6) is 0.479. The first kappa shape index (κ1) is 15.4. The minimum atomic E-state index is -0.129. The summed E-state index contributed by atoms with van der Waals surface area (Å²) in [4.78, 5) is 22.9. The van der Waals surface area contributed by atoms with Gasteiger partial charge in [-0.3, -0.25) is 4.79 Å². The molecule has 0 unspecified atom stereocenters. The van der Waals surface area contributed by atoms with Gasteiger partial charge in [0, 0.05) is 43.6 Å². The molecule has 120 valence electrons. The van der Waals surface area contributed by atoms with Crippen molar-refractivity contribution in [1.29, 1.82) is 0 Å². The van der Waals surface area contributed by atoms with Crippen molar-refractivity contribution in [2.24, 2.45) is 5.92 Å². The van der Waals surface area contributed by atoms with E-state index in [9.17, 15) is 9.90 Å². The summed E-state index contributed by atoms with van der Waals surface area (Å²) in [6.45, 7) is 3.14. The molecule has 1 aromatic heterocycles. The molecule has 2 heterocycles. The Kier molecular flexibility index (Phi) is 4.52. The van der Waals surface area contributed by atoms with Crippen molar-refractivity contribution < 1.29 is 9.90 Å². The largest absolute Gasteiger partial charge is 0.396 e. The number of benzene rings is 1. The smallest absolute Gasteiger partial charge is 0.251 e. The van der Waals surface area contributed by atoms with Crippen LogP contribution in [0.2, 0.25) is 0 Å². The maximum atomic E-state index is 12.5. The second-order valence-electron chi connectivity index (χ2n) is 5.79. The number of hydrogen-bond acceptors (Lipinski definition) is 5. The number of amides is 1. The van der Waals surface area contributed by atoms with E-state index in [-0.39, 0.29) is 24.5 Å². The Morgan fingerprint density at radius 2 is 2.00 bits per heavy atom. The van der Waals surface area contributed by atoms with Crippen LogP contribution in [0.3, 0.4) is 0 Å². The van der Waals surface area contributed by atoms with Gasteiger partial charge in [-0.2, -0.15) is 0 Å². The van der Waals surface area contributed by atoms with Gasteiger partial charge in [0.25, 0.3) is 5.91 Å². The Morgan fingerprint density at radius 3 is 2.70 bits per heavy atom. The number of carbonyl (C=O) groups excluding carboxylic acids is 1. The average molecular weight is 312 g/mol. The van der Waals surface area contributed by atoms with Crippen LogP contribution >= 0.6 is 0 Å². The molecule has 2 N–H and O–H groups in total. The van der Waals surface area contributed by atoms with Gasteiger partial charge >= 0.3 is 0 Å². The molecule has 23 heavy (non-hydrogen) atoms. The summed E-state index contributed by atoms with van der Waals surface area (Å²) in [5.41, 5.74) is 1.60. The summed E-state index contributed by atoms with van der Waals surface area (Å²) >= 11 is 0. The summed E-state index contributed by atoms with van der Waals surface area (Å²) in [5, 5.41) is 12.7. The molecule has 0 saturated carbocycles. The zero-order valence-corrected chi connectivity index (χ0v) is 13.0. The van der Waals surface area contributed by atoms with Crippen LogP contribution in [0.5, 0.6) is 0 Å². The van der Waals surface area contributed by atoms with Crippen molar-refractivity contribution in [3.8, 4) is 0 Å². The SMILES string of the molecule is Cc1ccccc1C(=O)N[C@@H]1CN(c2ncccn2)C[C@H]1CO. The van der Waals surface area contributed by atoms with Gasteiger partial charge in [-0.25, -0.2) is 9.97 Å². The van der Waals surface area contributed by atoms with Crippen LogP contribution < -0.4 is 10.2 Å². The second-order valence-corrected chi connectivity index (χ2v) is 5.79. The number of aliphatic hydroxyl groups excluding tert-OH is 1. The number of rotatable bonds is 4. The fraction of sp³-hybridized carbons (Fsp3) is 0.353. The van der Waals surface area contributed by atoms with Crippen LogP contribution in [-0.4, -0.2) is 46.7 Å². The van der Waals surface area contributed by atoms with Crippen molar-refractivity contribution in [2.45, 2.75) is 13.0 Å². The summed E-state index contributed by atoms with van der Waals surface area (Å²) in [6, 6.07) is 9.12. The standard InChI is InChI=1S/C17H20N4O2/c1-12-5-2-3-6-14(12)16(23)20-15-10-21(9-13(15)11-22)17-18-7-4-8-19-17/h2-8,13,15,22H,9-11H2,1H3,(H,20,23)/t13-,15+/m0/s1. The molecule has 1 saturated heterocycles. The molecule has 0 bridgehead atoms. The van der Waals surface area contributed by atoms with Gasteiger partial charge in [0.2, 0.25) is 5.95 Å². The van der Waals surface area contributed by atoms with Crippen LogP contribution in [0.1, 0.15) is 15.9 Å². The lowest BCUT2D eigenvalue weighted by atomic mass is 10.0. The van der Waals surface area contributed by atoms with Crippen LogP contribution in [0.15, 0.2) is 42.7 Å². The number of aromatic nitrogens is 2. The van der Waals surface area contributed by atoms with Crippen LogP contribution in [0.25, 0.3) is 0 Å². The first-order chi connectivity index (χ1) is 11.2. The van der Waals surface area contributed by atoms with Crippen molar-refractivity contribution in [3.05, 3.63) is 53.9 Å². The predicted octanol–water partition coefficient (Wildman–Crippen LogP) is 1.01. The number of anilines is 1. The van der Waals surface area contributed by atoms with Gasteiger partial charge < -0.3 is 15.3 Å². The highest BCUT2D eigenvalue weighted by Gasteiger charge is 2.34. The van der Waals surface area contributed by atoms with Crippen LogP contribution in [0.4, 0.5) is 5.95 Å². The van der Waals surface area contributed by atoms with E-state index in [0.29, 0.717) is 24.6 Å². The van der Waals surface area contributed by atoms with Crippen molar-refractivity contribution in [2.75, 3.05) is 24.6 Å². The first-order valence-corrected chi connectivity index (χ1v) is 7.68.